The third-order valence-electron chi connectivity index (χ3n) is 5.81. The maximum absolute atomic E-state index is 14.4. The Morgan fingerprint density at radius 2 is 1.11 bits per heavy atom. The molecule has 2 heteroatoms. The SMILES string of the molecule is Fc1ccc2c(c1)C1(c3ccccc3Oc3ccccc31)c1ccccc1-2. The number of halogens is 1. The third kappa shape index (κ3) is 1.73. The van der Waals surface area contributed by atoms with Crippen LogP contribution in [0.15, 0.2) is 91.0 Å². The normalized spacial score (nSPS) is 14.7. The van der Waals surface area contributed by atoms with Crippen LogP contribution >= 0.6 is 0 Å². The quantitative estimate of drug-likeness (QED) is 0.313. The van der Waals surface area contributed by atoms with Crippen LogP contribution < -0.4 is 4.74 Å². The smallest absolute Gasteiger partial charge is 0.132 e. The second kappa shape index (κ2) is 5.08. The fourth-order valence-corrected chi connectivity index (χ4v) is 4.83. The molecule has 2 aliphatic rings. The van der Waals surface area contributed by atoms with Crippen molar-refractivity contribution in [2.75, 3.05) is 0 Å². The maximum atomic E-state index is 14.4. The molecule has 0 saturated carbocycles. The molecule has 128 valence electrons. The first-order valence-electron chi connectivity index (χ1n) is 9.07. The summed E-state index contributed by atoms with van der Waals surface area (Å²) in [6.07, 6.45) is 0. The highest BCUT2D eigenvalue weighted by atomic mass is 19.1. The van der Waals surface area contributed by atoms with Crippen LogP contribution in [0.4, 0.5) is 4.39 Å². The molecule has 6 rings (SSSR count). The Kier molecular flexibility index (Phi) is 2.77. The van der Waals surface area contributed by atoms with Crippen LogP contribution in [-0.4, -0.2) is 0 Å². The van der Waals surface area contributed by atoms with Crippen LogP contribution in [-0.2, 0) is 5.41 Å². The molecule has 0 amide bonds. The largest absolute Gasteiger partial charge is 0.457 e. The van der Waals surface area contributed by atoms with Gasteiger partial charge in [0.2, 0.25) is 0 Å². The van der Waals surface area contributed by atoms with Crippen LogP contribution in [0.25, 0.3) is 11.1 Å². The van der Waals surface area contributed by atoms with E-state index in [9.17, 15) is 4.39 Å². The molecule has 4 aromatic rings. The Bertz CT molecular complexity index is 1180. The summed E-state index contributed by atoms with van der Waals surface area (Å²) < 4.78 is 20.7. The van der Waals surface area contributed by atoms with E-state index in [2.05, 4.69) is 30.3 Å². The van der Waals surface area contributed by atoms with E-state index < -0.39 is 5.41 Å². The molecule has 0 N–H and O–H groups in total. The van der Waals surface area contributed by atoms with Crippen molar-refractivity contribution in [3.8, 4) is 22.6 Å². The molecular formula is C25H15FO. The molecule has 0 saturated heterocycles. The van der Waals surface area contributed by atoms with Gasteiger partial charge in [0, 0.05) is 11.1 Å². The molecule has 27 heavy (non-hydrogen) atoms. The van der Waals surface area contributed by atoms with Gasteiger partial charge in [-0.25, -0.2) is 4.39 Å². The highest BCUT2D eigenvalue weighted by molar-refractivity contribution is 5.88. The third-order valence-corrected chi connectivity index (χ3v) is 5.81. The lowest BCUT2D eigenvalue weighted by Gasteiger charge is -2.39. The molecule has 0 unspecified atom stereocenters. The van der Waals surface area contributed by atoms with Gasteiger partial charge in [-0.05, 0) is 46.5 Å². The number of para-hydroxylation sites is 2. The monoisotopic (exact) mass is 350 g/mol. The first-order valence-corrected chi connectivity index (χ1v) is 9.07. The Balaban J connectivity index is 1.87. The van der Waals surface area contributed by atoms with Crippen molar-refractivity contribution in [2.24, 2.45) is 0 Å². The average molecular weight is 350 g/mol. The summed E-state index contributed by atoms with van der Waals surface area (Å²) in [6, 6.07) is 29.7. The van der Waals surface area contributed by atoms with Crippen molar-refractivity contribution in [1.82, 2.24) is 0 Å². The lowest BCUT2D eigenvalue weighted by atomic mass is 9.66. The second-order valence-corrected chi connectivity index (χ2v) is 7.08. The number of ether oxygens (including phenoxy) is 1. The van der Waals surface area contributed by atoms with Gasteiger partial charge in [-0.3, -0.25) is 0 Å². The van der Waals surface area contributed by atoms with Crippen LogP contribution in [0.2, 0.25) is 0 Å². The average Bonchev–Trinajstić information content (AvgIpc) is 2.99. The van der Waals surface area contributed by atoms with Crippen LogP contribution in [0, 0.1) is 5.82 Å². The van der Waals surface area contributed by atoms with Gasteiger partial charge in [0.1, 0.15) is 17.3 Å². The van der Waals surface area contributed by atoms with Crippen molar-refractivity contribution in [2.45, 2.75) is 5.41 Å². The number of rotatable bonds is 0. The van der Waals surface area contributed by atoms with Crippen molar-refractivity contribution in [1.29, 1.82) is 0 Å². The van der Waals surface area contributed by atoms with E-state index in [0.717, 1.165) is 39.3 Å². The minimum atomic E-state index is -0.570. The minimum absolute atomic E-state index is 0.220. The zero-order valence-electron chi connectivity index (χ0n) is 14.4. The van der Waals surface area contributed by atoms with Gasteiger partial charge in [-0.15, -0.1) is 0 Å². The fraction of sp³-hybridized carbons (Fsp3) is 0.0400. The summed E-state index contributed by atoms with van der Waals surface area (Å²) in [6.45, 7) is 0. The van der Waals surface area contributed by atoms with Crippen molar-refractivity contribution >= 4 is 0 Å². The predicted molar refractivity (Wildman–Crippen MR) is 104 cm³/mol. The van der Waals surface area contributed by atoms with Crippen molar-refractivity contribution in [3.63, 3.8) is 0 Å². The van der Waals surface area contributed by atoms with Gasteiger partial charge in [-0.2, -0.15) is 0 Å². The summed E-state index contributed by atoms with van der Waals surface area (Å²) in [4.78, 5) is 0. The number of hydrogen-bond donors (Lipinski definition) is 0. The highest BCUT2D eigenvalue weighted by Gasteiger charge is 2.50. The topological polar surface area (TPSA) is 9.23 Å². The Morgan fingerprint density at radius 3 is 1.81 bits per heavy atom. The lowest BCUT2D eigenvalue weighted by Crippen LogP contribution is -2.32. The van der Waals surface area contributed by atoms with Crippen LogP contribution in [0.1, 0.15) is 22.3 Å². The molecule has 4 aromatic carbocycles. The van der Waals surface area contributed by atoms with E-state index in [0.29, 0.717) is 0 Å². The minimum Gasteiger partial charge on any atom is -0.457 e. The van der Waals surface area contributed by atoms with Gasteiger partial charge < -0.3 is 4.74 Å². The maximum Gasteiger partial charge on any atom is 0.132 e. The Morgan fingerprint density at radius 1 is 0.556 bits per heavy atom. The molecule has 1 spiro atoms. The van der Waals surface area contributed by atoms with Crippen molar-refractivity contribution in [3.05, 3.63) is 119 Å². The fourth-order valence-electron chi connectivity index (χ4n) is 4.83. The van der Waals surface area contributed by atoms with Gasteiger partial charge in [0.05, 0.1) is 5.41 Å². The van der Waals surface area contributed by atoms with E-state index >= 15 is 0 Å². The summed E-state index contributed by atoms with van der Waals surface area (Å²) >= 11 is 0. The van der Waals surface area contributed by atoms with E-state index in [4.69, 9.17) is 4.74 Å². The van der Waals surface area contributed by atoms with E-state index in [1.807, 2.05) is 48.5 Å². The molecule has 1 aliphatic heterocycles. The molecule has 0 atom stereocenters. The number of benzene rings is 4. The van der Waals surface area contributed by atoms with Gasteiger partial charge in [0.25, 0.3) is 0 Å². The number of fused-ring (bicyclic) bond motifs is 9. The summed E-state index contributed by atoms with van der Waals surface area (Å²) in [5.41, 5.74) is 5.93. The number of hydrogen-bond acceptors (Lipinski definition) is 1. The molecule has 0 radical (unpaired) electrons. The highest BCUT2D eigenvalue weighted by Crippen LogP contribution is 2.61. The van der Waals surface area contributed by atoms with Gasteiger partial charge in [-0.1, -0.05) is 66.7 Å². The van der Waals surface area contributed by atoms with Crippen LogP contribution in [0.3, 0.4) is 0 Å². The Labute approximate surface area is 156 Å². The molecule has 0 aromatic heterocycles. The van der Waals surface area contributed by atoms with E-state index in [1.165, 1.54) is 5.56 Å². The second-order valence-electron chi connectivity index (χ2n) is 7.08. The van der Waals surface area contributed by atoms with Crippen LogP contribution in [0.5, 0.6) is 11.5 Å². The standard InChI is InChI=1S/C25H15FO/c26-16-13-14-18-17-7-1-2-8-19(17)25(22(18)15-16)20-9-3-5-11-23(20)27-24-12-6-4-10-21(24)25/h1-15H. The van der Waals surface area contributed by atoms with E-state index in [-0.39, 0.29) is 5.82 Å². The Hall–Kier alpha value is -3.39. The predicted octanol–water partition coefficient (Wildman–Crippen LogP) is 6.29. The van der Waals surface area contributed by atoms with Gasteiger partial charge in [0.15, 0.2) is 0 Å². The first kappa shape index (κ1) is 14.7. The molecule has 0 fully saturated rings. The molecule has 0 bridgehead atoms. The zero-order chi connectivity index (χ0) is 18.0. The summed E-state index contributed by atoms with van der Waals surface area (Å²) in [5, 5.41) is 0. The van der Waals surface area contributed by atoms with Crippen molar-refractivity contribution < 1.29 is 9.13 Å². The van der Waals surface area contributed by atoms with E-state index in [1.54, 1.807) is 12.1 Å². The molecule has 1 aliphatic carbocycles. The summed E-state index contributed by atoms with van der Waals surface area (Å²) in [5.74, 6) is 1.42. The summed E-state index contributed by atoms with van der Waals surface area (Å²) in [7, 11) is 0. The first-order chi connectivity index (χ1) is 13.3. The zero-order valence-corrected chi connectivity index (χ0v) is 14.4. The molecule has 1 nitrogen and oxygen atoms in total. The lowest BCUT2D eigenvalue weighted by molar-refractivity contribution is 0.436. The molecular weight excluding hydrogens is 335 g/mol. The molecule has 1 heterocycles. The van der Waals surface area contributed by atoms with Gasteiger partial charge >= 0.3 is 0 Å².